The van der Waals surface area contributed by atoms with Crippen LogP contribution in [0.15, 0.2) is 0 Å². The van der Waals surface area contributed by atoms with E-state index in [4.69, 9.17) is 33.1 Å². The predicted octanol–water partition coefficient (Wildman–Crippen LogP) is -2.80. The summed E-state index contributed by atoms with van der Waals surface area (Å²) in [6, 6.07) is -4.98. The molecule has 0 heterocycles. The van der Waals surface area contributed by atoms with Gasteiger partial charge in [-0.2, -0.15) is 0 Å². The van der Waals surface area contributed by atoms with Gasteiger partial charge in [0.15, 0.2) is 5.78 Å². The standard InChI is InChI=1S/C18H31N5O9/c1-18(17(31)32,14(28)9(20)4-2-3-7-19)23(16(30)11(22)8-13(26)27)15(29)10(21)5-6-12(24)25/h9-11H,2-8,19-22H2,1H3,(H,24,25)(H,26,27)(H,31,32). The van der Waals surface area contributed by atoms with E-state index in [1.165, 1.54) is 0 Å². The lowest BCUT2D eigenvalue weighted by atomic mass is 9.86. The molecule has 4 atom stereocenters. The highest BCUT2D eigenvalue weighted by Gasteiger charge is 2.54. The normalized spacial score (nSPS) is 15.7. The lowest BCUT2D eigenvalue weighted by molar-refractivity contribution is -0.171. The van der Waals surface area contributed by atoms with Crippen molar-refractivity contribution in [2.24, 2.45) is 22.9 Å². The summed E-state index contributed by atoms with van der Waals surface area (Å²) in [5, 5.41) is 27.5. The summed E-state index contributed by atoms with van der Waals surface area (Å²) in [5.41, 5.74) is 19.5. The Hall–Kier alpha value is -2.94. The summed E-state index contributed by atoms with van der Waals surface area (Å²) >= 11 is 0. The molecule has 0 aromatic carbocycles. The van der Waals surface area contributed by atoms with Gasteiger partial charge in [-0.15, -0.1) is 0 Å². The van der Waals surface area contributed by atoms with E-state index in [9.17, 15) is 33.9 Å². The zero-order valence-corrected chi connectivity index (χ0v) is 17.7. The van der Waals surface area contributed by atoms with E-state index in [-0.39, 0.29) is 11.3 Å². The number of nitrogens with two attached hydrogens (primary N) is 4. The number of hydrogen-bond acceptors (Lipinski definition) is 10. The van der Waals surface area contributed by atoms with Crippen LogP contribution in [-0.2, 0) is 28.8 Å². The highest BCUT2D eigenvalue weighted by molar-refractivity contribution is 6.17. The number of carbonyl (C=O) groups is 6. The summed E-state index contributed by atoms with van der Waals surface area (Å²) in [4.78, 5) is 72.7. The molecule has 0 bridgehead atoms. The number of imide groups is 1. The smallest absolute Gasteiger partial charge is 0.337 e. The maximum Gasteiger partial charge on any atom is 0.337 e. The molecule has 0 aromatic rings. The number of aliphatic carboxylic acids is 3. The van der Waals surface area contributed by atoms with Crippen LogP contribution in [0.3, 0.4) is 0 Å². The summed E-state index contributed by atoms with van der Waals surface area (Å²) < 4.78 is 0. The van der Waals surface area contributed by atoms with Gasteiger partial charge in [0, 0.05) is 6.42 Å². The van der Waals surface area contributed by atoms with E-state index in [0.29, 0.717) is 19.4 Å². The van der Waals surface area contributed by atoms with Gasteiger partial charge in [0.25, 0.3) is 0 Å². The Kier molecular flexibility index (Phi) is 11.6. The Morgan fingerprint density at radius 3 is 1.78 bits per heavy atom. The zero-order chi connectivity index (χ0) is 25.2. The molecule has 0 saturated heterocycles. The minimum atomic E-state index is -2.87. The van der Waals surface area contributed by atoms with Crippen LogP contribution in [0.1, 0.15) is 45.4 Å². The third kappa shape index (κ3) is 7.64. The van der Waals surface area contributed by atoms with E-state index in [1.54, 1.807) is 0 Å². The van der Waals surface area contributed by atoms with Gasteiger partial charge in [0.2, 0.25) is 17.4 Å². The molecule has 0 fully saturated rings. The highest BCUT2D eigenvalue weighted by Crippen LogP contribution is 2.24. The van der Waals surface area contributed by atoms with Crippen LogP contribution in [0.4, 0.5) is 0 Å². The number of rotatable bonds is 15. The first-order chi connectivity index (χ1) is 14.7. The molecule has 0 aliphatic rings. The van der Waals surface area contributed by atoms with Crippen molar-refractivity contribution >= 4 is 35.5 Å². The van der Waals surface area contributed by atoms with Crippen molar-refractivity contribution in [2.75, 3.05) is 6.54 Å². The quantitative estimate of drug-likeness (QED) is 0.0960. The predicted molar refractivity (Wildman–Crippen MR) is 109 cm³/mol. The number of hydrogen-bond donors (Lipinski definition) is 7. The second-order valence-electron chi connectivity index (χ2n) is 7.39. The molecule has 4 unspecified atom stereocenters. The third-order valence-corrected chi connectivity index (χ3v) is 4.79. The van der Waals surface area contributed by atoms with Crippen molar-refractivity contribution in [3.05, 3.63) is 0 Å². The topological polar surface area (TPSA) is 270 Å². The maximum absolute atomic E-state index is 13.0. The van der Waals surface area contributed by atoms with E-state index in [1.807, 2.05) is 0 Å². The molecule has 0 saturated carbocycles. The van der Waals surface area contributed by atoms with Crippen LogP contribution in [0.25, 0.3) is 0 Å². The first-order valence-electron chi connectivity index (χ1n) is 9.77. The third-order valence-electron chi connectivity index (χ3n) is 4.79. The van der Waals surface area contributed by atoms with Gasteiger partial charge in [-0.25, -0.2) is 4.79 Å². The molecule has 2 amide bonds. The number of amides is 2. The van der Waals surface area contributed by atoms with E-state index < -0.39 is 78.4 Å². The van der Waals surface area contributed by atoms with Gasteiger partial charge in [-0.1, -0.05) is 6.42 Å². The minimum absolute atomic E-state index is 0.000578. The van der Waals surface area contributed by atoms with Gasteiger partial charge in [0.05, 0.1) is 24.5 Å². The molecular weight excluding hydrogens is 430 g/mol. The van der Waals surface area contributed by atoms with Crippen LogP contribution < -0.4 is 22.9 Å². The summed E-state index contributed by atoms with van der Waals surface area (Å²) in [6.45, 7) is 1.05. The van der Waals surface area contributed by atoms with Gasteiger partial charge in [-0.05, 0) is 32.7 Å². The van der Waals surface area contributed by atoms with Crippen LogP contribution in [0.5, 0.6) is 0 Å². The lowest BCUT2D eigenvalue weighted by Crippen LogP contribution is -2.69. The molecule has 182 valence electrons. The molecule has 0 rings (SSSR count). The molecule has 14 nitrogen and oxygen atoms in total. The van der Waals surface area contributed by atoms with E-state index in [0.717, 1.165) is 6.92 Å². The first-order valence-corrected chi connectivity index (χ1v) is 9.77. The molecule has 0 radical (unpaired) electrons. The number of nitrogens with zero attached hydrogens (tertiary/aromatic N) is 1. The second kappa shape index (κ2) is 12.8. The fraction of sp³-hybridized carbons (Fsp3) is 0.667. The molecule has 0 spiro atoms. The molecule has 0 aliphatic heterocycles. The number of Topliss-reactive ketones (excluding diaryl/α,β-unsaturated/α-hetero) is 1. The zero-order valence-electron chi connectivity index (χ0n) is 17.7. The Morgan fingerprint density at radius 1 is 0.812 bits per heavy atom. The number of carboxylic acid groups (broad SMARTS) is 3. The van der Waals surface area contributed by atoms with Gasteiger partial charge >= 0.3 is 17.9 Å². The largest absolute Gasteiger partial charge is 0.481 e. The molecule has 32 heavy (non-hydrogen) atoms. The molecule has 0 aliphatic carbocycles. The van der Waals surface area contributed by atoms with Crippen molar-refractivity contribution in [2.45, 2.75) is 69.1 Å². The summed E-state index contributed by atoms with van der Waals surface area (Å²) in [6.07, 6.45) is -1.21. The Balaban J connectivity index is 6.31. The molecule has 14 heteroatoms. The van der Waals surface area contributed by atoms with Gasteiger partial charge in [0.1, 0.15) is 0 Å². The fourth-order valence-electron chi connectivity index (χ4n) is 2.87. The van der Waals surface area contributed by atoms with Crippen molar-refractivity contribution in [3.63, 3.8) is 0 Å². The van der Waals surface area contributed by atoms with Gasteiger partial charge in [-0.3, -0.25) is 28.9 Å². The Labute approximate surface area is 183 Å². The number of carboxylic acids is 3. The van der Waals surface area contributed by atoms with Crippen LogP contribution in [0.2, 0.25) is 0 Å². The van der Waals surface area contributed by atoms with Crippen molar-refractivity contribution < 1.29 is 44.1 Å². The second-order valence-corrected chi connectivity index (χ2v) is 7.39. The Morgan fingerprint density at radius 2 is 1.34 bits per heavy atom. The van der Waals surface area contributed by atoms with E-state index >= 15 is 0 Å². The maximum atomic E-state index is 13.0. The minimum Gasteiger partial charge on any atom is -0.481 e. The fourth-order valence-corrected chi connectivity index (χ4v) is 2.87. The average Bonchev–Trinajstić information content (AvgIpc) is 2.70. The van der Waals surface area contributed by atoms with Crippen molar-refractivity contribution in [1.82, 2.24) is 4.90 Å². The molecule has 11 N–H and O–H groups in total. The van der Waals surface area contributed by atoms with Crippen LogP contribution >= 0.6 is 0 Å². The average molecular weight is 461 g/mol. The highest BCUT2D eigenvalue weighted by atomic mass is 16.4. The molecular formula is C18H31N5O9. The van der Waals surface area contributed by atoms with Crippen LogP contribution in [0, 0.1) is 0 Å². The van der Waals surface area contributed by atoms with Crippen molar-refractivity contribution in [3.8, 4) is 0 Å². The van der Waals surface area contributed by atoms with Gasteiger partial charge < -0.3 is 38.3 Å². The number of unbranched alkanes of at least 4 members (excludes halogenated alkanes) is 1. The number of carbonyl (C=O) groups excluding carboxylic acids is 3. The monoisotopic (exact) mass is 461 g/mol. The van der Waals surface area contributed by atoms with Crippen LogP contribution in [-0.4, -0.2) is 85.9 Å². The molecule has 0 aromatic heterocycles. The SMILES string of the molecule is CC(C(=O)O)(C(=O)C(N)CCCCN)N(C(=O)C(N)CCC(=O)O)C(=O)C(N)CC(=O)O. The first kappa shape index (κ1) is 29.1. The van der Waals surface area contributed by atoms with Crippen molar-refractivity contribution in [1.29, 1.82) is 0 Å². The van der Waals surface area contributed by atoms with E-state index in [2.05, 4.69) is 0 Å². The number of ketones is 1. The lowest BCUT2D eigenvalue weighted by Gasteiger charge is -2.38. The summed E-state index contributed by atoms with van der Waals surface area (Å²) in [7, 11) is 0. The Bertz CT molecular complexity index is 744. The summed E-state index contributed by atoms with van der Waals surface area (Å²) in [5.74, 6) is -8.84.